The largest absolute Gasteiger partial charge is 0.358 e. The third-order valence-electron chi connectivity index (χ3n) is 9.97. The number of fused-ring (bicyclic) bond motifs is 2. The lowest BCUT2D eigenvalue weighted by atomic mass is 10.00. The van der Waals surface area contributed by atoms with Gasteiger partial charge in [0.15, 0.2) is 0 Å². The normalized spacial score (nSPS) is 19.5. The molecule has 3 aliphatic rings. The van der Waals surface area contributed by atoms with Crippen molar-refractivity contribution in [3.8, 4) is 0 Å². The molecule has 2 atom stereocenters. The van der Waals surface area contributed by atoms with Gasteiger partial charge in [-0.05, 0) is 112 Å². The highest BCUT2D eigenvalue weighted by atomic mass is 16.2. The van der Waals surface area contributed by atoms with E-state index < -0.39 is 0 Å². The van der Waals surface area contributed by atoms with Crippen molar-refractivity contribution in [2.45, 2.75) is 58.5 Å². The zero-order valence-electron chi connectivity index (χ0n) is 26.8. The number of aromatic nitrogens is 1. The van der Waals surface area contributed by atoms with Gasteiger partial charge in [0, 0.05) is 47.3 Å². The van der Waals surface area contributed by atoms with Gasteiger partial charge < -0.3 is 25.4 Å². The van der Waals surface area contributed by atoms with Crippen molar-refractivity contribution in [3.63, 3.8) is 0 Å². The van der Waals surface area contributed by atoms with Crippen LogP contribution in [-0.4, -0.2) is 64.7 Å². The van der Waals surface area contributed by atoms with Crippen LogP contribution < -0.4 is 10.6 Å². The maximum Gasteiger partial charge on any atom is 0.256 e. The highest BCUT2D eigenvalue weighted by Crippen LogP contribution is 2.35. The number of hydrogen-bond donors (Lipinski definition) is 3. The van der Waals surface area contributed by atoms with Crippen LogP contribution in [0.4, 0.5) is 5.69 Å². The smallest absolute Gasteiger partial charge is 0.256 e. The Morgan fingerprint density at radius 2 is 1.76 bits per heavy atom. The molecule has 7 rings (SSSR count). The van der Waals surface area contributed by atoms with Gasteiger partial charge in [-0.2, -0.15) is 0 Å². The average Bonchev–Trinajstić information content (AvgIpc) is 3.85. The summed E-state index contributed by atoms with van der Waals surface area (Å²) in [7, 11) is 0. The number of benzene rings is 3. The Labute approximate surface area is 269 Å². The molecule has 2 saturated heterocycles. The molecule has 1 aromatic heterocycles. The van der Waals surface area contributed by atoms with Gasteiger partial charge in [-0.15, -0.1) is 0 Å². The fourth-order valence-electron chi connectivity index (χ4n) is 7.40. The average molecular weight is 616 g/mol. The van der Waals surface area contributed by atoms with Crippen molar-refractivity contribution >= 4 is 45.8 Å². The first kappa shape index (κ1) is 30.0. The first-order valence-corrected chi connectivity index (χ1v) is 16.5. The second-order valence-electron chi connectivity index (χ2n) is 13.0. The first-order chi connectivity index (χ1) is 22.3. The number of anilines is 1. The molecule has 0 saturated carbocycles. The number of amides is 3. The lowest BCUT2D eigenvalue weighted by Gasteiger charge is -2.28. The minimum absolute atomic E-state index is 0.0633. The van der Waals surface area contributed by atoms with Gasteiger partial charge in [0.1, 0.15) is 0 Å². The van der Waals surface area contributed by atoms with Crippen LogP contribution in [0, 0.1) is 13.8 Å². The molecule has 3 amide bonds. The molecule has 0 unspecified atom stereocenters. The molecule has 3 aromatic carbocycles. The molecule has 3 N–H and O–H groups in total. The van der Waals surface area contributed by atoms with Crippen LogP contribution in [-0.2, 0) is 4.79 Å². The van der Waals surface area contributed by atoms with E-state index in [1.807, 2.05) is 45.0 Å². The minimum Gasteiger partial charge on any atom is -0.358 e. The summed E-state index contributed by atoms with van der Waals surface area (Å²) in [6.07, 6.45) is 6.35. The maximum absolute atomic E-state index is 13.9. The summed E-state index contributed by atoms with van der Waals surface area (Å²) < 4.78 is 0. The van der Waals surface area contributed by atoms with Crippen LogP contribution in [0.3, 0.4) is 0 Å². The molecule has 2 fully saturated rings. The van der Waals surface area contributed by atoms with Gasteiger partial charge in [-0.1, -0.05) is 36.4 Å². The Bertz CT molecular complexity index is 1880. The maximum atomic E-state index is 13.9. The summed E-state index contributed by atoms with van der Waals surface area (Å²) >= 11 is 0. The fourth-order valence-corrected chi connectivity index (χ4v) is 7.40. The molecule has 4 aromatic rings. The summed E-state index contributed by atoms with van der Waals surface area (Å²) in [6, 6.07) is 19.7. The number of likely N-dealkylation sites (tertiary alicyclic amines) is 2. The lowest BCUT2D eigenvalue weighted by molar-refractivity contribution is -0.110. The van der Waals surface area contributed by atoms with Gasteiger partial charge in [0.25, 0.3) is 17.7 Å². The number of H-pyrrole nitrogens is 1. The minimum atomic E-state index is -0.234. The molecule has 0 radical (unpaired) electrons. The highest BCUT2D eigenvalue weighted by Gasteiger charge is 2.34. The van der Waals surface area contributed by atoms with Crippen LogP contribution >= 0.6 is 0 Å². The predicted octanol–water partition coefficient (Wildman–Crippen LogP) is 6.47. The molecule has 3 aliphatic heterocycles. The van der Waals surface area contributed by atoms with E-state index in [4.69, 9.17) is 0 Å². The van der Waals surface area contributed by atoms with Crippen LogP contribution in [0.15, 0.2) is 60.7 Å². The van der Waals surface area contributed by atoms with E-state index in [0.29, 0.717) is 28.0 Å². The molecule has 0 aliphatic carbocycles. The van der Waals surface area contributed by atoms with Crippen LogP contribution in [0.25, 0.3) is 22.4 Å². The summed E-state index contributed by atoms with van der Waals surface area (Å²) in [6.45, 7) is 9.80. The number of aryl methyl sites for hydroxylation is 1. The van der Waals surface area contributed by atoms with E-state index in [2.05, 4.69) is 49.7 Å². The lowest BCUT2D eigenvalue weighted by Crippen LogP contribution is -2.42. The molecule has 46 heavy (non-hydrogen) atoms. The fraction of sp³-hybridized carbons (Fsp3) is 0.342. The Kier molecular flexibility index (Phi) is 7.99. The second kappa shape index (κ2) is 12.2. The van der Waals surface area contributed by atoms with Gasteiger partial charge in [-0.25, -0.2) is 0 Å². The van der Waals surface area contributed by atoms with Crippen molar-refractivity contribution in [3.05, 3.63) is 99.9 Å². The SMILES string of the molecule is Cc1[nH]c(/C=C2\C(=O)Nc3ccc(C(=O)N[C@H](C)c4ccc5ccccc5c4)cc32)c(C)c1C(=O)N1CCC[C@@H]1CN1CCCC1. The molecule has 4 heterocycles. The first-order valence-electron chi connectivity index (χ1n) is 16.5. The van der Waals surface area contributed by atoms with Crippen molar-refractivity contribution in [2.24, 2.45) is 0 Å². The van der Waals surface area contributed by atoms with E-state index in [9.17, 15) is 14.4 Å². The predicted molar refractivity (Wildman–Crippen MR) is 183 cm³/mol. The summed E-state index contributed by atoms with van der Waals surface area (Å²) in [5, 5.41) is 8.33. The van der Waals surface area contributed by atoms with Crippen LogP contribution in [0.2, 0.25) is 0 Å². The Morgan fingerprint density at radius 1 is 0.978 bits per heavy atom. The van der Waals surface area contributed by atoms with Crippen molar-refractivity contribution < 1.29 is 14.4 Å². The number of hydrogen-bond acceptors (Lipinski definition) is 4. The van der Waals surface area contributed by atoms with E-state index in [-0.39, 0.29) is 29.8 Å². The quantitative estimate of drug-likeness (QED) is 0.208. The standard InChI is InChI=1S/C38H41N5O3/c1-23-34(39-25(3)35(23)38(46)43-18-8-11-30(43)22-42-16-6-7-17-42)21-32-31-20-29(14-15-33(31)41-37(32)45)36(44)40-24(2)27-13-12-26-9-4-5-10-28(26)19-27/h4-5,9-10,12-15,19-21,24,30,39H,6-8,11,16-18,22H2,1-3H3,(H,40,44)(H,41,45)/b32-21-/t24-,30-/m1/s1. The van der Waals surface area contributed by atoms with Gasteiger partial charge in [0.05, 0.1) is 17.2 Å². The number of rotatable bonds is 7. The number of carbonyl (C=O) groups excluding carboxylic acids is 3. The monoisotopic (exact) mass is 615 g/mol. The molecular weight excluding hydrogens is 574 g/mol. The zero-order chi connectivity index (χ0) is 31.9. The molecule has 0 spiro atoms. The third kappa shape index (κ3) is 5.62. The number of nitrogens with zero attached hydrogens (tertiary/aromatic N) is 2. The molecule has 236 valence electrons. The summed E-state index contributed by atoms with van der Waals surface area (Å²) in [4.78, 5) is 48.4. The van der Waals surface area contributed by atoms with Gasteiger partial charge in [-0.3, -0.25) is 14.4 Å². The van der Waals surface area contributed by atoms with Crippen LogP contribution in [0.1, 0.15) is 87.4 Å². The van der Waals surface area contributed by atoms with Gasteiger partial charge >= 0.3 is 0 Å². The number of aromatic amines is 1. The van der Waals surface area contributed by atoms with Crippen molar-refractivity contribution in [2.75, 3.05) is 31.5 Å². The van der Waals surface area contributed by atoms with E-state index in [1.54, 1.807) is 18.2 Å². The Hall–Kier alpha value is -4.69. The highest BCUT2D eigenvalue weighted by molar-refractivity contribution is 6.35. The second-order valence-corrected chi connectivity index (χ2v) is 13.0. The van der Waals surface area contributed by atoms with Gasteiger partial charge in [0.2, 0.25) is 0 Å². The van der Waals surface area contributed by atoms with Crippen molar-refractivity contribution in [1.29, 1.82) is 0 Å². The number of carbonyl (C=O) groups is 3. The third-order valence-corrected chi connectivity index (χ3v) is 9.97. The van der Waals surface area contributed by atoms with E-state index in [1.165, 1.54) is 12.8 Å². The Balaban J connectivity index is 1.11. The molecule has 8 heteroatoms. The van der Waals surface area contributed by atoms with E-state index in [0.717, 1.165) is 72.3 Å². The van der Waals surface area contributed by atoms with Crippen LogP contribution in [0.5, 0.6) is 0 Å². The molecule has 8 nitrogen and oxygen atoms in total. The molecular formula is C38H41N5O3. The summed E-state index contributed by atoms with van der Waals surface area (Å²) in [5.74, 6) is -0.383. The van der Waals surface area contributed by atoms with E-state index >= 15 is 0 Å². The Morgan fingerprint density at radius 3 is 2.57 bits per heavy atom. The summed E-state index contributed by atoms with van der Waals surface area (Å²) in [5.41, 5.74) is 6.34. The number of nitrogens with one attached hydrogen (secondary N) is 3. The zero-order valence-corrected chi connectivity index (χ0v) is 26.8. The molecule has 0 bridgehead atoms. The van der Waals surface area contributed by atoms with Crippen molar-refractivity contribution in [1.82, 2.24) is 20.1 Å². The topological polar surface area (TPSA) is 97.5 Å².